The second-order valence-corrected chi connectivity index (χ2v) is 7.80. The predicted molar refractivity (Wildman–Crippen MR) is 122 cm³/mol. The summed E-state index contributed by atoms with van der Waals surface area (Å²) in [5, 5.41) is 13.7. The Balaban J connectivity index is 1.72. The van der Waals surface area contributed by atoms with Crippen LogP contribution in [0.3, 0.4) is 0 Å². The third-order valence-electron chi connectivity index (χ3n) is 5.80. The van der Waals surface area contributed by atoms with Gasteiger partial charge in [0.2, 0.25) is 0 Å². The van der Waals surface area contributed by atoms with Crippen LogP contribution < -0.4 is 5.32 Å². The van der Waals surface area contributed by atoms with Crippen LogP contribution in [0.5, 0.6) is 0 Å². The first-order chi connectivity index (χ1) is 15.6. The molecule has 1 aromatic heterocycles. The fourth-order valence-corrected chi connectivity index (χ4v) is 4.38. The van der Waals surface area contributed by atoms with Crippen molar-refractivity contribution in [2.75, 3.05) is 0 Å². The van der Waals surface area contributed by atoms with Crippen molar-refractivity contribution in [3.05, 3.63) is 108 Å². The number of amides is 1. The predicted octanol–water partition coefficient (Wildman–Crippen LogP) is 4.56. The molecule has 158 valence electrons. The van der Waals surface area contributed by atoms with Crippen molar-refractivity contribution < 1.29 is 14.7 Å². The van der Waals surface area contributed by atoms with Crippen LogP contribution >= 0.6 is 0 Å². The topological polar surface area (TPSA) is 84.2 Å². The van der Waals surface area contributed by atoms with E-state index in [1.54, 1.807) is 31.2 Å². The van der Waals surface area contributed by atoms with Gasteiger partial charge in [-0.25, -0.2) is 4.98 Å². The van der Waals surface area contributed by atoms with Gasteiger partial charge in [-0.2, -0.15) is 0 Å². The molecule has 2 N–H and O–H groups in total. The number of benzene rings is 3. The lowest BCUT2D eigenvalue weighted by Crippen LogP contribution is -2.50. The number of aliphatic hydroxyl groups excluding tert-OH is 1. The minimum Gasteiger partial charge on any atom is -0.512 e. The number of hydrogen-bond donors (Lipinski definition) is 2. The van der Waals surface area contributed by atoms with E-state index in [1.807, 2.05) is 60.7 Å². The molecule has 1 aliphatic heterocycles. The van der Waals surface area contributed by atoms with Gasteiger partial charge in [0, 0.05) is 17.1 Å². The molecular weight excluding hydrogens is 402 g/mol. The maximum Gasteiger partial charge on any atom is 0.256 e. The third kappa shape index (κ3) is 3.17. The number of carbonyl (C=O) groups is 2. The van der Waals surface area contributed by atoms with Crippen molar-refractivity contribution in [1.82, 2.24) is 14.9 Å². The lowest BCUT2D eigenvalue weighted by atomic mass is 9.80. The maximum absolute atomic E-state index is 13.8. The van der Waals surface area contributed by atoms with Crippen LogP contribution in [0, 0.1) is 0 Å². The summed E-state index contributed by atoms with van der Waals surface area (Å²) in [6.07, 6.45) is 0. The summed E-state index contributed by atoms with van der Waals surface area (Å²) in [6, 6.07) is 24.6. The molecule has 6 heteroatoms. The molecule has 5 rings (SSSR count). The molecule has 2 heterocycles. The number of hydrogen-bond acceptors (Lipinski definition) is 4. The average molecular weight is 423 g/mol. The Bertz CT molecular complexity index is 1350. The van der Waals surface area contributed by atoms with Gasteiger partial charge >= 0.3 is 0 Å². The first kappa shape index (κ1) is 19.8. The highest BCUT2D eigenvalue weighted by Crippen LogP contribution is 2.42. The van der Waals surface area contributed by atoms with E-state index in [4.69, 9.17) is 0 Å². The van der Waals surface area contributed by atoms with E-state index in [-0.39, 0.29) is 17.6 Å². The monoisotopic (exact) mass is 423 g/mol. The number of nitrogens with zero attached hydrogens (tertiary/aromatic N) is 2. The van der Waals surface area contributed by atoms with Crippen LogP contribution in [0.25, 0.3) is 16.6 Å². The second kappa shape index (κ2) is 7.81. The number of fused-ring (bicyclic) bond motifs is 3. The molecule has 0 saturated carbocycles. The molecule has 6 nitrogen and oxygen atoms in total. The Kier molecular flexibility index (Phi) is 4.82. The molecule has 4 aromatic rings. The van der Waals surface area contributed by atoms with Gasteiger partial charge in [0.25, 0.3) is 11.8 Å². The van der Waals surface area contributed by atoms with Gasteiger partial charge in [-0.15, -0.1) is 0 Å². The van der Waals surface area contributed by atoms with Gasteiger partial charge in [-0.1, -0.05) is 60.7 Å². The van der Waals surface area contributed by atoms with Crippen LogP contribution in [0.2, 0.25) is 0 Å². The zero-order valence-electron chi connectivity index (χ0n) is 17.4. The number of rotatable bonds is 3. The Morgan fingerprint density at radius 1 is 0.938 bits per heavy atom. The van der Waals surface area contributed by atoms with E-state index in [9.17, 15) is 14.7 Å². The first-order valence-corrected chi connectivity index (χ1v) is 10.4. The normalized spacial score (nSPS) is 19.5. The van der Waals surface area contributed by atoms with Gasteiger partial charge in [-0.05, 0) is 36.8 Å². The third-order valence-corrected chi connectivity index (χ3v) is 5.80. The number of nitrogens with one attached hydrogen (secondary N) is 1. The van der Waals surface area contributed by atoms with Gasteiger partial charge in [0.15, 0.2) is 0 Å². The first-order valence-electron chi connectivity index (χ1n) is 10.4. The molecule has 3 aromatic carbocycles. The summed E-state index contributed by atoms with van der Waals surface area (Å²) >= 11 is 0. The molecule has 0 spiro atoms. The van der Waals surface area contributed by atoms with Crippen LogP contribution in [0.4, 0.5) is 0 Å². The van der Waals surface area contributed by atoms with Crippen molar-refractivity contribution in [3.8, 4) is 0 Å². The van der Waals surface area contributed by atoms with Gasteiger partial charge in [0.05, 0.1) is 16.8 Å². The van der Waals surface area contributed by atoms with Crippen LogP contribution in [-0.2, 0) is 0 Å². The second-order valence-electron chi connectivity index (χ2n) is 7.80. The molecular formula is C26H21N3O3. The quantitative estimate of drug-likeness (QED) is 0.473. The maximum atomic E-state index is 13.8. The molecule has 0 bridgehead atoms. The van der Waals surface area contributed by atoms with Gasteiger partial charge < -0.3 is 10.4 Å². The van der Waals surface area contributed by atoms with E-state index in [0.717, 1.165) is 5.56 Å². The van der Waals surface area contributed by atoms with E-state index < -0.39 is 12.0 Å². The molecule has 0 aliphatic carbocycles. The summed E-state index contributed by atoms with van der Waals surface area (Å²) in [5.74, 6) is -0.785. The summed E-state index contributed by atoms with van der Waals surface area (Å²) < 4.78 is 1.50. The molecule has 0 fully saturated rings. The fraction of sp³-hybridized carbons (Fsp3) is 0.115. The van der Waals surface area contributed by atoms with Crippen molar-refractivity contribution in [3.63, 3.8) is 0 Å². The van der Waals surface area contributed by atoms with Crippen LogP contribution in [0.1, 0.15) is 39.4 Å². The Morgan fingerprint density at radius 2 is 1.56 bits per heavy atom. The molecule has 1 aliphatic rings. The number of aliphatic hydroxyl groups is 1. The zero-order valence-corrected chi connectivity index (χ0v) is 17.4. The number of carbonyl (C=O) groups excluding carboxylic acids is 2. The smallest absolute Gasteiger partial charge is 0.256 e. The molecule has 0 saturated heterocycles. The SMILES string of the molecule is CC(O)=C1c2nc3ccccc3n2C(=O)C(NC(=O)c2ccccc2)C1c1ccccc1. The standard InChI is InChI=1S/C26H21N3O3/c1-16(30)21-22(17-10-4-2-5-11-17)23(28-25(31)18-12-6-3-7-13-18)26(32)29-20-15-9-8-14-19(20)27-24(21)29/h2-15,22-23,30H,1H3,(H,28,31). The summed E-state index contributed by atoms with van der Waals surface area (Å²) in [5.41, 5.74) is 3.07. The number of aromatic nitrogens is 2. The fourth-order valence-electron chi connectivity index (χ4n) is 4.38. The minimum absolute atomic E-state index is 0.0573. The van der Waals surface area contributed by atoms with Crippen molar-refractivity contribution >= 4 is 28.4 Å². The molecule has 2 unspecified atom stereocenters. The molecule has 2 atom stereocenters. The highest BCUT2D eigenvalue weighted by molar-refractivity contribution is 6.05. The Labute approximate surface area is 184 Å². The Morgan fingerprint density at radius 3 is 2.25 bits per heavy atom. The highest BCUT2D eigenvalue weighted by atomic mass is 16.3. The van der Waals surface area contributed by atoms with E-state index in [2.05, 4.69) is 10.3 Å². The number of imidazole rings is 1. The minimum atomic E-state index is -0.924. The summed E-state index contributed by atoms with van der Waals surface area (Å²) in [7, 11) is 0. The van der Waals surface area contributed by atoms with Crippen LogP contribution in [-0.4, -0.2) is 32.5 Å². The van der Waals surface area contributed by atoms with Crippen molar-refractivity contribution in [2.45, 2.75) is 18.9 Å². The molecule has 32 heavy (non-hydrogen) atoms. The number of para-hydroxylation sites is 2. The van der Waals surface area contributed by atoms with Gasteiger partial charge in [-0.3, -0.25) is 14.2 Å². The van der Waals surface area contributed by atoms with Crippen molar-refractivity contribution in [1.29, 1.82) is 0 Å². The summed E-state index contributed by atoms with van der Waals surface area (Å²) in [4.78, 5) is 31.5. The highest BCUT2D eigenvalue weighted by Gasteiger charge is 2.43. The zero-order chi connectivity index (χ0) is 22.2. The Hall–Kier alpha value is -4.19. The number of allylic oxidation sites excluding steroid dienone is 1. The van der Waals surface area contributed by atoms with E-state index in [1.165, 1.54) is 4.57 Å². The lowest BCUT2D eigenvalue weighted by molar-refractivity contribution is 0.0790. The van der Waals surface area contributed by atoms with Gasteiger partial charge in [0.1, 0.15) is 11.9 Å². The molecule has 0 radical (unpaired) electrons. The van der Waals surface area contributed by atoms with Crippen molar-refractivity contribution in [2.24, 2.45) is 0 Å². The lowest BCUT2D eigenvalue weighted by Gasteiger charge is -2.34. The van der Waals surface area contributed by atoms with E-state index in [0.29, 0.717) is 28.0 Å². The largest absolute Gasteiger partial charge is 0.512 e. The average Bonchev–Trinajstić information content (AvgIpc) is 3.21. The summed E-state index contributed by atoms with van der Waals surface area (Å²) in [6.45, 7) is 1.58. The van der Waals surface area contributed by atoms with E-state index >= 15 is 0 Å². The molecule has 1 amide bonds. The van der Waals surface area contributed by atoms with Crippen LogP contribution in [0.15, 0.2) is 90.7 Å².